The van der Waals surface area contributed by atoms with Crippen LogP contribution in [0.1, 0.15) is 34.7 Å². The van der Waals surface area contributed by atoms with Gasteiger partial charge in [0.1, 0.15) is 17.1 Å². The summed E-state index contributed by atoms with van der Waals surface area (Å²) in [6.07, 6.45) is 5.44. The fourth-order valence-electron chi connectivity index (χ4n) is 4.98. The molecule has 7 rings (SSSR count). The van der Waals surface area contributed by atoms with Crippen molar-refractivity contribution in [2.75, 3.05) is 0 Å². The fourth-order valence-corrected chi connectivity index (χ4v) is 8.49. The van der Waals surface area contributed by atoms with Gasteiger partial charge in [-0.3, -0.25) is 9.59 Å². The molecule has 5 heterocycles. The molecule has 0 atom stereocenters. The van der Waals surface area contributed by atoms with Gasteiger partial charge in [0.05, 0.1) is 51.3 Å². The quantitative estimate of drug-likeness (QED) is 0.202. The number of amides is 1. The SMILES string of the molecule is O=C(NS(=O)(=O)C1CC1)c1c(-c2ccc[nH]c2=O)c2c3occc3c(F)cc2n1CC1=Cc2[nH]c(=O)[nH]c2C=I1. The first kappa shape index (κ1) is 25.0. The lowest BCUT2D eigenvalue weighted by atomic mass is 10.0. The Kier molecular flexibility index (Phi) is 5.61. The Balaban J connectivity index is 1.54. The maximum absolute atomic E-state index is 15.3. The van der Waals surface area contributed by atoms with Crippen molar-refractivity contribution >= 4 is 68.6 Å². The molecule has 14 heteroatoms. The van der Waals surface area contributed by atoms with Gasteiger partial charge < -0.3 is 23.9 Å². The number of allylic oxidation sites excluding steroid dienone is 1. The number of H-pyrrole nitrogens is 3. The number of hydrogen-bond donors (Lipinski definition) is 4. The van der Waals surface area contributed by atoms with Gasteiger partial charge in [-0.2, -0.15) is 0 Å². The lowest BCUT2D eigenvalue weighted by Crippen LogP contribution is -2.35. The number of aromatic nitrogens is 4. The van der Waals surface area contributed by atoms with Crippen LogP contribution in [0.5, 0.6) is 0 Å². The largest absolute Gasteiger partial charge is 0.463 e. The third-order valence-electron chi connectivity index (χ3n) is 6.92. The summed E-state index contributed by atoms with van der Waals surface area (Å²) >= 11 is -0.766. The highest BCUT2D eigenvalue weighted by Crippen LogP contribution is 2.41. The van der Waals surface area contributed by atoms with E-state index in [1.807, 2.05) is 4.01 Å². The highest BCUT2D eigenvalue weighted by Gasteiger charge is 2.39. The lowest BCUT2D eigenvalue weighted by Gasteiger charge is -2.14. The van der Waals surface area contributed by atoms with E-state index in [9.17, 15) is 22.8 Å². The van der Waals surface area contributed by atoms with Crippen molar-refractivity contribution in [1.82, 2.24) is 24.2 Å². The number of benzene rings is 1. The molecule has 1 amide bonds. The molecule has 204 valence electrons. The summed E-state index contributed by atoms with van der Waals surface area (Å²) in [5, 5.41) is -0.207. The van der Waals surface area contributed by atoms with Crippen molar-refractivity contribution in [3.63, 3.8) is 0 Å². The highest BCUT2D eigenvalue weighted by molar-refractivity contribution is 14.2. The summed E-state index contributed by atoms with van der Waals surface area (Å²) < 4.78 is 53.1. The number of fused-ring (bicyclic) bond motifs is 4. The molecular formula is C26H19FIN5O6S. The molecule has 0 saturated heterocycles. The van der Waals surface area contributed by atoms with Gasteiger partial charge in [0.15, 0.2) is 0 Å². The van der Waals surface area contributed by atoms with Gasteiger partial charge in [-0.05, 0) is 47.2 Å². The van der Waals surface area contributed by atoms with E-state index in [1.165, 1.54) is 35.2 Å². The van der Waals surface area contributed by atoms with Gasteiger partial charge in [-0.15, -0.1) is 0 Å². The zero-order valence-corrected chi connectivity index (χ0v) is 23.4. The van der Waals surface area contributed by atoms with Gasteiger partial charge in [0, 0.05) is 15.3 Å². The molecule has 11 nitrogen and oxygen atoms in total. The van der Waals surface area contributed by atoms with Crippen LogP contribution in [0.4, 0.5) is 4.39 Å². The number of carbonyl (C=O) groups excluding carboxylic acids is 1. The van der Waals surface area contributed by atoms with Crippen molar-refractivity contribution in [2.24, 2.45) is 0 Å². The van der Waals surface area contributed by atoms with Crippen LogP contribution < -0.4 is 16.0 Å². The number of pyridine rings is 1. The Bertz CT molecular complexity index is 2180. The minimum absolute atomic E-state index is 0.0789. The topological polar surface area (TPSA) is 163 Å². The van der Waals surface area contributed by atoms with E-state index in [0.29, 0.717) is 29.6 Å². The third kappa shape index (κ3) is 4.00. The second-order valence-corrected chi connectivity index (χ2v) is 14.1. The molecule has 1 aliphatic carbocycles. The number of nitrogens with one attached hydrogen (secondary N) is 4. The molecule has 1 saturated carbocycles. The molecule has 4 N–H and O–H groups in total. The van der Waals surface area contributed by atoms with E-state index in [1.54, 1.807) is 12.1 Å². The molecule has 5 aromatic rings. The first-order chi connectivity index (χ1) is 19.2. The van der Waals surface area contributed by atoms with Crippen molar-refractivity contribution in [2.45, 2.75) is 24.6 Å². The minimum Gasteiger partial charge on any atom is -0.463 e. The number of hydrogen-bond acceptors (Lipinski definition) is 6. The predicted molar refractivity (Wildman–Crippen MR) is 156 cm³/mol. The Morgan fingerprint density at radius 2 is 2.00 bits per heavy atom. The molecule has 0 unspecified atom stereocenters. The number of rotatable bonds is 6. The van der Waals surface area contributed by atoms with Gasteiger partial charge in [0.2, 0.25) is 10.0 Å². The van der Waals surface area contributed by atoms with Gasteiger partial charge in [0.25, 0.3) is 11.5 Å². The summed E-state index contributed by atoms with van der Waals surface area (Å²) in [6.45, 7) is 0.0789. The van der Waals surface area contributed by atoms with E-state index in [0.717, 1.165) is 3.58 Å². The number of aromatic amines is 3. The highest BCUT2D eigenvalue weighted by atomic mass is 127. The lowest BCUT2D eigenvalue weighted by molar-refractivity contribution is 0.0974. The molecule has 0 bridgehead atoms. The van der Waals surface area contributed by atoms with Crippen molar-refractivity contribution < 1.29 is 22.0 Å². The van der Waals surface area contributed by atoms with Crippen LogP contribution >= 0.6 is 20.7 Å². The predicted octanol–water partition coefficient (Wildman–Crippen LogP) is 3.30. The van der Waals surface area contributed by atoms with Crippen molar-refractivity contribution in [3.8, 4) is 11.1 Å². The maximum atomic E-state index is 15.3. The molecule has 0 spiro atoms. The summed E-state index contributed by atoms with van der Waals surface area (Å²) in [4.78, 5) is 46.8. The van der Waals surface area contributed by atoms with Crippen LogP contribution in [0.15, 0.2) is 54.3 Å². The summed E-state index contributed by atoms with van der Waals surface area (Å²) in [5.74, 6) is -1.53. The molecule has 4 aromatic heterocycles. The molecular weight excluding hydrogens is 656 g/mol. The van der Waals surface area contributed by atoms with E-state index >= 15 is 4.39 Å². The molecule has 40 heavy (non-hydrogen) atoms. The average Bonchev–Trinajstić information content (AvgIpc) is 3.43. The second-order valence-electron chi connectivity index (χ2n) is 9.53. The minimum atomic E-state index is -3.96. The van der Waals surface area contributed by atoms with Gasteiger partial charge in [-0.25, -0.2) is 22.3 Å². The number of halogens is 2. The Hall–Kier alpha value is -4.05. The van der Waals surface area contributed by atoms with Crippen LogP contribution in [0.25, 0.3) is 39.1 Å². The Labute approximate surface area is 233 Å². The standard InChI is InChI=1S/C26H19FIN5O6S/c27-16-9-19-21(23-14(16)5-7-39-23)20(15-2-1-6-29-24(15)34)22(25(35)32-40(37,38)13-3-4-13)33(19)11-12-8-17-18(10-28-12)31-26(36)30-17/h1-2,5-10,13H,3-4,11H2,(H,29,34)(H,32,35)(H2,30,31,36). The van der Waals surface area contributed by atoms with Gasteiger partial charge >= 0.3 is 5.69 Å². The number of furan rings is 1. The van der Waals surface area contributed by atoms with Crippen LogP contribution in [-0.2, 0) is 16.6 Å². The number of nitrogens with zero attached hydrogens (tertiary/aromatic N) is 1. The zero-order chi connectivity index (χ0) is 27.8. The van der Waals surface area contributed by atoms with Crippen LogP contribution in [0.2, 0.25) is 0 Å². The summed E-state index contributed by atoms with van der Waals surface area (Å²) in [7, 11) is -3.96. The summed E-state index contributed by atoms with van der Waals surface area (Å²) in [5.41, 5.74) is 0.876. The molecule has 1 aliphatic heterocycles. The number of carbonyl (C=O) groups is 1. The molecule has 1 aromatic carbocycles. The van der Waals surface area contributed by atoms with E-state index in [2.05, 4.69) is 19.7 Å². The maximum Gasteiger partial charge on any atom is 0.323 e. The molecule has 0 radical (unpaired) electrons. The normalized spacial score (nSPS) is 15.2. The van der Waals surface area contributed by atoms with E-state index in [-0.39, 0.29) is 45.5 Å². The smallest absolute Gasteiger partial charge is 0.323 e. The number of sulfonamides is 1. The fraction of sp³-hybridized carbons (Fsp3) is 0.154. The average molecular weight is 675 g/mol. The van der Waals surface area contributed by atoms with Crippen molar-refractivity contribution in [3.05, 3.63) is 84.0 Å². The van der Waals surface area contributed by atoms with E-state index in [4.69, 9.17) is 4.42 Å². The second kappa shape index (κ2) is 8.99. The zero-order valence-electron chi connectivity index (χ0n) is 20.4. The van der Waals surface area contributed by atoms with Crippen LogP contribution in [0, 0.1) is 5.82 Å². The monoisotopic (exact) mass is 675 g/mol. The first-order valence-electron chi connectivity index (χ1n) is 12.2. The van der Waals surface area contributed by atoms with Crippen LogP contribution in [-0.4, -0.2) is 43.1 Å². The first-order valence-corrected chi connectivity index (χ1v) is 16.0. The number of imidazole rings is 1. The van der Waals surface area contributed by atoms with Crippen LogP contribution in [0.3, 0.4) is 0 Å². The van der Waals surface area contributed by atoms with E-state index < -0.39 is 53.3 Å². The summed E-state index contributed by atoms with van der Waals surface area (Å²) in [6, 6.07) is 5.81. The third-order valence-corrected chi connectivity index (χ3v) is 11.1. The van der Waals surface area contributed by atoms with Crippen molar-refractivity contribution in [1.29, 1.82) is 0 Å². The molecule has 1 fully saturated rings. The Morgan fingerprint density at radius 1 is 1.20 bits per heavy atom. The van der Waals surface area contributed by atoms with Gasteiger partial charge in [-0.1, -0.05) is 20.7 Å². The molecule has 2 aliphatic rings. The Morgan fingerprint density at radius 3 is 2.77 bits per heavy atom.